The molecule has 2 N–H and O–H groups in total. The zero-order valence-electron chi connectivity index (χ0n) is 9.79. The Morgan fingerprint density at radius 1 is 1.28 bits per heavy atom. The summed E-state index contributed by atoms with van der Waals surface area (Å²) in [6.45, 7) is 1.65. The van der Waals surface area contributed by atoms with E-state index in [4.69, 9.17) is 16.9 Å². The molecule has 18 heavy (non-hydrogen) atoms. The zero-order chi connectivity index (χ0) is 13.6. The average Bonchev–Trinajstić information content (AvgIpc) is 2.63. The van der Waals surface area contributed by atoms with Crippen LogP contribution in [0.4, 0.5) is 0 Å². The molecule has 0 aromatic rings. The largest absolute Gasteiger partial charge is 0.370 e. The van der Waals surface area contributed by atoms with Gasteiger partial charge in [-0.25, -0.2) is 0 Å². The molecule has 1 fully saturated rings. The van der Waals surface area contributed by atoms with Crippen LogP contribution in [-0.2, 0) is 0 Å². The van der Waals surface area contributed by atoms with E-state index in [0.717, 1.165) is 0 Å². The van der Waals surface area contributed by atoms with E-state index in [0.29, 0.717) is 19.3 Å². The number of nitriles is 3. The molecule has 0 aromatic carbocycles. The standard InChI is InChI=1S/C12H11ClN4O/c1-10-3-2-4-12(10,18)17-9(13)8(5-14)11(10,6-15)7-16/h17-18H,2-4H2,1H3. The number of hydrogen-bond acceptors (Lipinski definition) is 5. The second-order valence-electron chi connectivity index (χ2n) is 4.95. The molecule has 2 aliphatic rings. The zero-order valence-corrected chi connectivity index (χ0v) is 10.5. The first-order valence-corrected chi connectivity index (χ1v) is 5.92. The monoisotopic (exact) mass is 262 g/mol. The summed E-state index contributed by atoms with van der Waals surface area (Å²) < 4.78 is 0. The van der Waals surface area contributed by atoms with E-state index in [9.17, 15) is 15.6 Å². The second-order valence-corrected chi connectivity index (χ2v) is 5.32. The summed E-state index contributed by atoms with van der Waals surface area (Å²) in [5.41, 5.74) is -4.29. The lowest BCUT2D eigenvalue weighted by molar-refractivity contribution is -0.106. The van der Waals surface area contributed by atoms with Crippen molar-refractivity contribution in [2.75, 3.05) is 0 Å². The van der Waals surface area contributed by atoms with Gasteiger partial charge in [0.15, 0.2) is 5.41 Å². The van der Waals surface area contributed by atoms with Crippen molar-refractivity contribution in [3.8, 4) is 18.2 Å². The van der Waals surface area contributed by atoms with Crippen LogP contribution < -0.4 is 5.32 Å². The fourth-order valence-electron chi connectivity index (χ4n) is 3.08. The molecule has 1 aliphatic heterocycles. The van der Waals surface area contributed by atoms with Crippen LogP contribution in [0.15, 0.2) is 10.7 Å². The second kappa shape index (κ2) is 3.62. The van der Waals surface area contributed by atoms with Gasteiger partial charge in [-0.2, -0.15) is 15.8 Å². The number of rotatable bonds is 0. The summed E-state index contributed by atoms with van der Waals surface area (Å²) in [4.78, 5) is 0. The van der Waals surface area contributed by atoms with Gasteiger partial charge in [0.05, 0.1) is 23.1 Å². The predicted octanol–water partition coefficient (Wildman–Crippen LogP) is 1.48. The predicted molar refractivity (Wildman–Crippen MR) is 62.2 cm³/mol. The first-order valence-electron chi connectivity index (χ1n) is 5.54. The number of aliphatic hydroxyl groups is 1. The molecule has 0 bridgehead atoms. The summed E-state index contributed by atoms with van der Waals surface area (Å²) in [7, 11) is 0. The van der Waals surface area contributed by atoms with Crippen LogP contribution in [0.1, 0.15) is 26.2 Å². The van der Waals surface area contributed by atoms with E-state index >= 15 is 0 Å². The van der Waals surface area contributed by atoms with Gasteiger partial charge in [-0.05, 0) is 19.3 Å². The Morgan fingerprint density at radius 2 is 1.89 bits per heavy atom. The SMILES string of the molecule is CC12CCCC1(O)NC(Cl)=C(C#N)C2(C#N)C#N. The average molecular weight is 263 g/mol. The highest BCUT2D eigenvalue weighted by atomic mass is 35.5. The maximum absolute atomic E-state index is 10.6. The van der Waals surface area contributed by atoms with Crippen LogP contribution in [0, 0.1) is 44.8 Å². The van der Waals surface area contributed by atoms with Crippen molar-refractivity contribution in [3.05, 3.63) is 10.7 Å². The minimum absolute atomic E-state index is 0.108. The van der Waals surface area contributed by atoms with Crippen molar-refractivity contribution in [2.45, 2.75) is 31.9 Å². The highest BCUT2D eigenvalue weighted by Crippen LogP contribution is 2.61. The van der Waals surface area contributed by atoms with Crippen molar-refractivity contribution in [1.29, 1.82) is 15.8 Å². The molecule has 0 radical (unpaired) electrons. The van der Waals surface area contributed by atoms with Crippen molar-refractivity contribution < 1.29 is 5.11 Å². The van der Waals surface area contributed by atoms with Crippen molar-refractivity contribution >= 4 is 11.6 Å². The van der Waals surface area contributed by atoms with Crippen LogP contribution in [0.5, 0.6) is 0 Å². The molecule has 0 amide bonds. The molecule has 2 rings (SSSR count). The van der Waals surface area contributed by atoms with Gasteiger partial charge in [0.1, 0.15) is 17.0 Å². The lowest BCUT2D eigenvalue weighted by Crippen LogP contribution is -2.63. The Labute approximate surface area is 110 Å². The quantitative estimate of drug-likeness (QED) is 0.644. The molecule has 2 unspecified atom stereocenters. The Kier molecular flexibility index (Phi) is 2.56. The smallest absolute Gasteiger partial charge is 0.191 e. The van der Waals surface area contributed by atoms with E-state index < -0.39 is 16.6 Å². The fourth-order valence-corrected chi connectivity index (χ4v) is 3.42. The van der Waals surface area contributed by atoms with Gasteiger partial charge in [0.2, 0.25) is 0 Å². The summed E-state index contributed by atoms with van der Waals surface area (Å²) >= 11 is 5.93. The van der Waals surface area contributed by atoms with E-state index in [2.05, 4.69) is 5.32 Å². The van der Waals surface area contributed by atoms with Gasteiger partial charge in [0, 0.05) is 0 Å². The maximum atomic E-state index is 10.6. The molecule has 0 spiro atoms. The lowest BCUT2D eigenvalue weighted by Gasteiger charge is -2.50. The van der Waals surface area contributed by atoms with Gasteiger partial charge < -0.3 is 10.4 Å². The summed E-state index contributed by atoms with van der Waals surface area (Å²) in [5, 5.41) is 41.2. The van der Waals surface area contributed by atoms with E-state index in [1.165, 1.54) is 0 Å². The topological polar surface area (TPSA) is 104 Å². The molecule has 1 heterocycles. The molecule has 0 aromatic heterocycles. The van der Waals surface area contributed by atoms with Gasteiger partial charge in [-0.1, -0.05) is 18.5 Å². The number of halogens is 1. The molecule has 0 saturated heterocycles. The van der Waals surface area contributed by atoms with Crippen LogP contribution in [0.25, 0.3) is 0 Å². The number of hydrogen-bond donors (Lipinski definition) is 2. The Balaban J connectivity index is 2.81. The third-order valence-corrected chi connectivity index (χ3v) is 4.60. The number of nitrogens with one attached hydrogen (secondary N) is 1. The van der Waals surface area contributed by atoms with Crippen LogP contribution >= 0.6 is 11.6 Å². The molecule has 5 nitrogen and oxygen atoms in total. The number of fused-ring (bicyclic) bond motifs is 1. The van der Waals surface area contributed by atoms with Crippen molar-refractivity contribution in [3.63, 3.8) is 0 Å². The molecular formula is C12H11ClN4O. The van der Waals surface area contributed by atoms with E-state index in [1.807, 2.05) is 18.2 Å². The highest BCUT2D eigenvalue weighted by molar-refractivity contribution is 6.30. The summed E-state index contributed by atoms with van der Waals surface area (Å²) in [5.74, 6) is 0. The van der Waals surface area contributed by atoms with E-state index in [1.54, 1.807) is 6.92 Å². The number of nitrogens with zero attached hydrogens (tertiary/aromatic N) is 3. The highest BCUT2D eigenvalue weighted by Gasteiger charge is 2.68. The van der Waals surface area contributed by atoms with Gasteiger partial charge in [0.25, 0.3) is 0 Å². The third kappa shape index (κ3) is 1.12. The van der Waals surface area contributed by atoms with Gasteiger partial charge in [-0.15, -0.1) is 0 Å². The van der Waals surface area contributed by atoms with Crippen molar-refractivity contribution in [2.24, 2.45) is 10.8 Å². The van der Waals surface area contributed by atoms with Gasteiger partial charge in [-0.3, -0.25) is 0 Å². The minimum Gasteiger partial charge on any atom is -0.370 e. The normalized spacial score (nSPS) is 36.9. The third-order valence-electron chi connectivity index (χ3n) is 4.31. The summed E-state index contributed by atoms with van der Waals surface area (Å²) in [6.07, 6.45) is 1.53. The summed E-state index contributed by atoms with van der Waals surface area (Å²) in [6, 6.07) is 5.65. The molecule has 1 aliphatic carbocycles. The fraction of sp³-hybridized carbons (Fsp3) is 0.583. The maximum Gasteiger partial charge on any atom is 0.191 e. The number of allylic oxidation sites excluding steroid dienone is 1. The Hall–Kier alpha value is -1.74. The first kappa shape index (κ1) is 12.7. The molecule has 92 valence electrons. The minimum atomic E-state index is -1.71. The molecular weight excluding hydrogens is 252 g/mol. The lowest BCUT2D eigenvalue weighted by atomic mass is 9.57. The van der Waals surface area contributed by atoms with Crippen LogP contribution in [0.2, 0.25) is 0 Å². The van der Waals surface area contributed by atoms with Crippen LogP contribution in [-0.4, -0.2) is 10.8 Å². The first-order chi connectivity index (χ1) is 8.40. The van der Waals surface area contributed by atoms with Crippen LogP contribution in [0.3, 0.4) is 0 Å². The van der Waals surface area contributed by atoms with Crippen molar-refractivity contribution in [1.82, 2.24) is 5.32 Å². The molecule has 6 heteroatoms. The van der Waals surface area contributed by atoms with E-state index in [-0.39, 0.29) is 10.7 Å². The van der Waals surface area contributed by atoms with Gasteiger partial charge >= 0.3 is 0 Å². The Morgan fingerprint density at radius 3 is 2.39 bits per heavy atom. The molecule has 2 atom stereocenters. The Bertz CT molecular complexity index is 550. The molecule has 1 saturated carbocycles.